The summed E-state index contributed by atoms with van der Waals surface area (Å²) in [5.41, 5.74) is 1.93. The number of hydrogen-bond acceptors (Lipinski definition) is 2. The molecule has 1 aliphatic heterocycles. The number of amidine groups is 1. The summed E-state index contributed by atoms with van der Waals surface area (Å²) in [6.45, 7) is 3.33. The maximum absolute atomic E-state index is 4.72. The monoisotopic (exact) mass is 260 g/mol. The first-order valence-electron chi connectivity index (χ1n) is 6.71. The molecule has 1 aromatic carbocycles. The fourth-order valence-corrected chi connectivity index (χ4v) is 3.14. The smallest absolute Gasteiger partial charge is 0.156 e. The highest BCUT2D eigenvalue weighted by Crippen LogP contribution is 2.45. The number of aliphatic imine (C=N–C) groups is 1. The average molecular weight is 260 g/mol. The predicted octanol–water partition coefficient (Wildman–Crippen LogP) is 3.09. The number of benzene rings is 1. The van der Waals surface area contributed by atoms with Gasteiger partial charge in [0.1, 0.15) is 0 Å². The van der Waals surface area contributed by atoms with Crippen molar-refractivity contribution in [2.75, 3.05) is 12.3 Å². The van der Waals surface area contributed by atoms with Crippen molar-refractivity contribution in [2.24, 2.45) is 10.4 Å². The highest BCUT2D eigenvalue weighted by atomic mass is 32.2. The predicted molar refractivity (Wildman–Crippen MR) is 79.2 cm³/mol. The Balaban J connectivity index is 1.52. The molecule has 1 unspecified atom stereocenters. The lowest BCUT2D eigenvalue weighted by atomic mass is 10.1. The van der Waals surface area contributed by atoms with Gasteiger partial charge in [-0.25, -0.2) is 0 Å². The summed E-state index contributed by atoms with van der Waals surface area (Å²) < 4.78 is 0. The number of hydrogen-bond donors (Lipinski definition) is 1. The maximum atomic E-state index is 4.72. The molecule has 1 N–H and O–H groups in total. The zero-order valence-electron chi connectivity index (χ0n) is 10.9. The van der Waals surface area contributed by atoms with Gasteiger partial charge in [-0.2, -0.15) is 0 Å². The molecule has 0 bridgehead atoms. The van der Waals surface area contributed by atoms with Crippen LogP contribution in [0.15, 0.2) is 35.3 Å². The largest absolute Gasteiger partial charge is 0.361 e. The Morgan fingerprint density at radius 3 is 2.83 bits per heavy atom. The van der Waals surface area contributed by atoms with Gasteiger partial charge < -0.3 is 5.32 Å². The van der Waals surface area contributed by atoms with E-state index in [1.165, 1.54) is 18.4 Å². The number of rotatable bonds is 4. The Hall–Kier alpha value is -0.960. The molecule has 2 aliphatic rings. The van der Waals surface area contributed by atoms with Gasteiger partial charge in [0.15, 0.2) is 5.17 Å². The molecule has 96 valence electrons. The van der Waals surface area contributed by atoms with Crippen molar-refractivity contribution in [1.29, 1.82) is 0 Å². The van der Waals surface area contributed by atoms with Gasteiger partial charge in [-0.3, -0.25) is 4.99 Å². The third kappa shape index (κ3) is 3.08. The number of nitrogens with one attached hydrogen (secondary N) is 1. The highest BCUT2D eigenvalue weighted by molar-refractivity contribution is 8.14. The molecule has 0 amide bonds. The van der Waals surface area contributed by atoms with E-state index in [-0.39, 0.29) is 0 Å². The molecule has 2 fully saturated rings. The zero-order valence-corrected chi connectivity index (χ0v) is 11.7. The quantitative estimate of drug-likeness (QED) is 0.899. The minimum atomic E-state index is 0.521. The first-order chi connectivity index (χ1) is 8.73. The molecular weight excluding hydrogens is 240 g/mol. The van der Waals surface area contributed by atoms with E-state index in [1.54, 1.807) is 0 Å². The topological polar surface area (TPSA) is 24.4 Å². The minimum Gasteiger partial charge on any atom is -0.361 e. The van der Waals surface area contributed by atoms with E-state index in [4.69, 9.17) is 4.99 Å². The second kappa shape index (κ2) is 4.96. The second-order valence-corrected chi connectivity index (χ2v) is 6.78. The molecule has 1 heterocycles. The van der Waals surface area contributed by atoms with Crippen molar-refractivity contribution in [3.63, 3.8) is 0 Å². The van der Waals surface area contributed by atoms with E-state index < -0.39 is 0 Å². The van der Waals surface area contributed by atoms with Crippen molar-refractivity contribution in [3.05, 3.63) is 35.9 Å². The van der Waals surface area contributed by atoms with Gasteiger partial charge in [-0.1, -0.05) is 49.0 Å². The molecule has 0 spiro atoms. The Bertz CT molecular complexity index is 437. The van der Waals surface area contributed by atoms with Crippen LogP contribution in [0.3, 0.4) is 0 Å². The minimum absolute atomic E-state index is 0.521. The van der Waals surface area contributed by atoms with Crippen molar-refractivity contribution in [1.82, 2.24) is 5.32 Å². The summed E-state index contributed by atoms with van der Waals surface area (Å²) in [4.78, 5) is 4.72. The first-order valence-corrected chi connectivity index (χ1v) is 7.70. The number of nitrogens with zero attached hydrogens (tertiary/aromatic N) is 1. The normalized spacial score (nSPS) is 27.2. The van der Waals surface area contributed by atoms with Crippen LogP contribution in [0.25, 0.3) is 0 Å². The summed E-state index contributed by atoms with van der Waals surface area (Å²) in [5, 5.41) is 4.71. The summed E-state index contributed by atoms with van der Waals surface area (Å²) >= 11 is 1.88. The molecule has 1 aliphatic carbocycles. The lowest BCUT2D eigenvalue weighted by molar-refractivity contribution is 0.587. The van der Waals surface area contributed by atoms with Crippen LogP contribution in [-0.4, -0.2) is 23.5 Å². The van der Waals surface area contributed by atoms with Gasteiger partial charge >= 0.3 is 0 Å². The van der Waals surface area contributed by atoms with E-state index in [0.29, 0.717) is 11.5 Å². The van der Waals surface area contributed by atoms with Crippen molar-refractivity contribution in [2.45, 2.75) is 32.2 Å². The Kier molecular flexibility index (Phi) is 3.33. The van der Waals surface area contributed by atoms with Crippen LogP contribution < -0.4 is 5.32 Å². The first kappa shape index (κ1) is 12.1. The van der Waals surface area contributed by atoms with Gasteiger partial charge in [-0.15, -0.1) is 0 Å². The molecule has 1 saturated carbocycles. The fourth-order valence-electron chi connectivity index (χ4n) is 2.17. The molecule has 1 saturated heterocycles. The van der Waals surface area contributed by atoms with Crippen molar-refractivity contribution >= 4 is 16.9 Å². The van der Waals surface area contributed by atoms with Gasteiger partial charge in [0.05, 0.1) is 0 Å². The van der Waals surface area contributed by atoms with Crippen LogP contribution in [0.2, 0.25) is 0 Å². The van der Waals surface area contributed by atoms with Crippen LogP contribution in [-0.2, 0) is 6.42 Å². The van der Waals surface area contributed by atoms with E-state index in [2.05, 4.69) is 42.6 Å². The third-order valence-electron chi connectivity index (χ3n) is 3.78. The van der Waals surface area contributed by atoms with Crippen LogP contribution in [0.4, 0.5) is 0 Å². The van der Waals surface area contributed by atoms with Gasteiger partial charge in [0, 0.05) is 18.3 Å². The molecule has 0 radical (unpaired) electrons. The van der Waals surface area contributed by atoms with Crippen LogP contribution in [0.5, 0.6) is 0 Å². The summed E-state index contributed by atoms with van der Waals surface area (Å²) in [6.07, 6.45) is 3.80. The van der Waals surface area contributed by atoms with Crippen LogP contribution in [0.1, 0.15) is 25.3 Å². The lowest BCUT2D eigenvalue weighted by Crippen LogP contribution is -2.29. The molecule has 2 nitrogen and oxygen atoms in total. The third-order valence-corrected chi connectivity index (χ3v) is 4.87. The summed E-state index contributed by atoms with van der Waals surface area (Å²) in [5.74, 6) is 1.14. The Labute approximate surface area is 113 Å². The molecular formula is C15H20N2S. The molecule has 3 heteroatoms. The highest BCUT2D eigenvalue weighted by Gasteiger charge is 2.37. The molecule has 3 rings (SSSR count). The Morgan fingerprint density at radius 2 is 2.11 bits per heavy atom. The summed E-state index contributed by atoms with van der Waals surface area (Å²) in [7, 11) is 0. The van der Waals surface area contributed by atoms with E-state index in [0.717, 1.165) is 23.9 Å². The number of thioether (sulfide) groups is 1. The second-order valence-electron chi connectivity index (χ2n) is 5.77. The maximum Gasteiger partial charge on any atom is 0.156 e. The van der Waals surface area contributed by atoms with Gasteiger partial charge in [-0.05, 0) is 30.2 Å². The van der Waals surface area contributed by atoms with Crippen LogP contribution >= 0.6 is 11.8 Å². The standard InChI is InChI=1S/C15H20N2S/c1-15(7-8-15)11-16-14-17-13(10-18-14)9-12-5-3-2-4-6-12/h2-6,13H,7-11H2,1H3,(H,16,17). The molecule has 0 aromatic heterocycles. The molecule has 1 aromatic rings. The average Bonchev–Trinajstić information content (AvgIpc) is 2.96. The van der Waals surface area contributed by atoms with E-state index >= 15 is 0 Å². The van der Waals surface area contributed by atoms with E-state index in [1.807, 2.05) is 11.8 Å². The molecule has 18 heavy (non-hydrogen) atoms. The van der Waals surface area contributed by atoms with E-state index in [9.17, 15) is 0 Å². The Morgan fingerprint density at radius 1 is 1.33 bits per heavy atom. The SMILES string of the molecule is CC1(CN=C2NC(Cc3ccccc3)CS2)CC1. The molecule has 1 atom stereocenters. The zero-order chi connectivity index (χ0) is 12.4. The van der Waals surface area contributed by atoms with Gasteiger partial charge in [0.25, 0.3) is 0 Å². The van der Waals surface area contributed by atoms with Crippen molar-refractivity contribution < 1.29 is 0 Å². The fraction of sp³-hybridized carbons (Fsp3) is 0.533. The van der Waals surface area contributed by atoms with Crippen molar-refractivity contribution in [3.8, 4) is 0 Å². The summed E-state index contributed by atoms with van der Waals surface area (Å²) in [6, 6.07) is 11.2. The lowest BCUT2D eigenvalue weighted by Gasteiger charge is -2.10. The van der Waals surface area contributed by atoms with Gasteiger partial charge in [0.2, 0.25) is 0 Å². The van der Waals surface area contributed by atoms with Crippen LogP contribution in [0, 0.1) is 5.41 Å².